The van der Waals surface area contributed by atoms with Gasteiger partial charge in [0.05, 0.1) is 0 Å². The van der Waals surface area contributed by atoms with E-state index in [9.17, 15) is 0 Å². The number of rotatable bonds is 4. The molecule has 1 rings (SSSR count). The lowest BCUT2D eigenvalue weighted by atomic mass is 10.3. The van der Waals surface area contributed by atoms with Crippen LogP contribution in [-0.4, -0.2) is 18.1 Å². The highest BCUT2D eigenvalue weighted by Crippen LogP contribution is 2.13. The monoisotopic (exact) mass is 198 g/mol. The maximum atomic E-state index is 5.77. The second kappa shape index (κ2) is 5.10. The van der Waals surface area contributed by atoms with Gasteiger partial charge in [-0.2, -0.15) is 0 Å². The Labute approximate surface area is 84.5 Å². The molecule has 0 bridgehead atoms. The fourth-order valence-corrected chi connectivity index (χ4v) is 1.21. The Kier molecular flexibility index (Phi) is 4.06. The number of anilines is 1. The fourth-order valence-electron chi connectivity index (χ4n) is 1.09. The Balaban J connectivity index is 2.58. The van der Waals surface area contributed by atoms with Crippen LogP contribution in [0.15, 0.2) is 24.3 Å². The maximum Gasteiger partial charge on any atom is 0.0491 e. The van der Waals surface area contributed by atoms with Crippen molar-refractivity contribution in [2.75, 3.05) is 18.5 Å². The van der Waals surface area contributed by atoms with Gasteiger partial charge in [0, 0.05) is 23.8 Å². The summed E-state index contributed by atoms with van der Waals surface area (Å²) in [7, 11) is 0. The van der Waals surface area contributed by atoms with Crippen molar-refractivity contribution in [3.8, 4) is 0 Å². The van der Waals surface area contributed by atoms with Gasteiger partial charge in [0.2, 0.25) is 0 Å². The number of hydrazine groups is 1. The van der Waals surface area contributed by atoms with Gasteiger partial charge in [0.25, 0.3) is 0 Å². The third-order valence-electron chi connectivity index (χ3n) is 1.89. The Bertz CT molecular complexity index is 242. The molecule has 2 nitrogen and oxygen atoms in total. The van der Waals surface area contributed by atoms with Crippen LogP contribution in [0.1, 0.15) is 13.8 Å². The van der Waals surface area contributed by atoms with E-state index in [1.165, 1.54) is 0 Å². The zero-order valence-electron chi connectivity index (χ0n) is 8.05. The minimum Gasteiger partial charge on any atom is -0.319 e. The molecule has 72 valence electrons. The Morgan fingerprint density at radius 2 is 1.69 bits per heavy atom. The van der Waals surface area contributed by atoms with Crippen molar-refractivity contribution < 1.29 is 0 Å². The first-order valence-corrected chi connectivity index (χ1v) is 4.91. The van der Waals surface area contributed by atoms with E-state index in [2.05, 4.69) is 24.3 Å². The first-order chi connectivity index (χ1) is 6.26. The predicted octanol–water partition coefficient (Wildman–Crippen LogP) is 3.01. The number of halogens is 1. The van der Waals surface area contributed by atoms with E-state index in [0.29, 0.717) is 0 Å². The molecule has 0 aromatic heterocycles. The van der Waals surface area contributed by atoms with Crippen LogP contribution in [0.5, 0.6) is 0 Å². The second-order valence-electron chi connectivity index (χ2n) is 2.79. The molecule has 3 heteroatoms. The van der Waals surface area contributed by atoms with Crippen LogP contribution in [0, 0.1) is 0 Å². The average molecular weight is 199 g/mol. The van der Waals surface area contributed by atoms with Gasteiger partial charge in [-0.25, -0.2) is 5.01 Å². The Hall–Kier alpha value is -0.730. The van der Waals surface area contributed by atoms with E-state index < -0.39 is 0 Å². The van der Waals surface area contributed by atoms with Crippen LogP contribution in [0.2, 0.25) is 5.02 Å². The highest BCUT2D eigenvalue weighted by Gasteiger charge is 1.97. The summed E-state index contributed by atoms with van der Waals surface area (Å²) in [6.45, 7) is 6.21. The van der Waals surface area contributed by atoms with Crippen molar-refractivity contribution in [1.82, 2.24) is 5.01 Å². The lowest BCUT2D eigenvalue weighted by Gasteiger charge is -2.20. The van der Waals surface area contributed by atoms with Gasteiger partial charge in [-0.1, -0.05) is 25.4 Å². The zero-order chi connectivity index (χ0) is 9.68. The molecule has 0 atom stereocenters. The molecular weight excluding hydrogens is 184 g/mol. The van der Waals surface area contributed by atoms with Gasteiger partial charge in [-0.05, 0) is 24.3 Å². The molecule has 0 saturated heterocycles. The average Bonchev–Trinajstić information content (AvgIpc) is 2.17. The number of nitrogens with zero attached hydrogens (tertiary/aromatic N) is 1. The minimum absolute atomic E-state index is 0.769. The number of nitrogens with one attached hydrogen (secondary N) is 1. The van der Waals surface area contributed by atoms with E-state index in [1.807, 2.05) is 24.3 Å². The molecule has 1 aromatic rings. The fraction of sp³-hybridized carbons (Fsp3) is 0.400. The Morgan fingerprint density at radius 3 is 2.15 bits per heavy atom. The molecule has 0 radical (unpaired) electrons. The van der Waals surface area contributed by atoms with Crippen LogP contribution in [0.3, 0.4) is 0 Å². The molecule has 0 aliphatic heterocycles. The van der Waals surface area contributed by atoms with Crippen LogP contribution in [-0.2, 0) is 0 Å². The van der Waals surface area contributed by atoms with Gasteiger partial charge < -0.3 is 5.43 Å². The molecule has 0 saturated carbocycles. The topological polar surface area (TPSA) is 15.3 Å². The quantitative estimate of drug-likeness (QED) is 0.749. The van der Waals surface area contributed by atoms with Crippen molar-refractivity contribution in [1.29, 1.82) is 0 Å². The standard InChI is InChI=1S/C10H15ClN2/c1-3-13(4-2)12-10-7-5-9(11)6-8-10/h5-8,12H,3-4H2,1-2H3. The highest BCUT2D eigenvalue weighted by atomic mass is 35.5. The van der Waals surface area contributed by atoms with E-state index in [0.717, 1.165) is 23.8 Å². The maximum absolute atomic E-state index is 5.77. The van der Waals surface area contributed by atoms with E-state index in [4.69, 9.17) is 11.6 Å². The summed E-state index contributed by atoms with van der Waals surface area (Å²) >= 11 is 5.77. The van der Waals surface area contributed by atoms with Crippen LogP contribution in [0.4, 0.5) is 5.69 Å². The van der Waals surface area contributed by atoms with Crippen molar-refractivity contribution in [3.63, 3.8) is 0 Å². The molecule has 13 heavy (non-hydrogen) atoms. The zero-order valence-corrected chi connectivity index (χ0v) is 8.80. The summed E-state index contributed by atoms with van der Waals surface area (Å²) in [5.41, 5.74) is 4.36. The molecule has 0 fully saturated rings. The third-order valence-corrected chi connectivity index (χ3v) is 2.15. The van der Waals surface area contributed by atoms with Crippen molar-refractivity contribution in [2.45, 2.75) is 13.8 Å². The van der Waals surface area contributed by atoms with Gasteiger partial charge in [0.1, 0.15) is 0 Å². The molecule has 0 aliphatic carbocycles. The van der Waals surface area contributed by atoms with Gasteiger partial charge >= 0.3 is 0 Å². The summed E-state index contributed by atoms with van der Waals surface area (Å²) in [5, 5.41) is 2.90. The van der Waals surface area contributed by atoms with E-state index in [-0.39, 0.29) is 0 Å². The van der Waals surface area contributed by atoms with Crippen molar-refractivity contribution in [3.05, 3.63) is 29.3 Å². The molecule has 0 spiro atoms. The lowest BCUT2D eigenvalue weighted by Crippen LogP contribution is -2.29. The first kappa shape index (κ1) is 10.4. The smallest absolute Gasteiger partial charge is 0.0491 e. The summed E-state index contributed by atoms with van der Waals surface area (Å²) in [5.74, 6) is 0. The second-order valence-corrected chi connectivity index (χ2v) is 3.23. The normalized spacial score (nSPS) is 10.5. The summed E-state index contributed by atoms with van der Waals surface area (Å²) in [6, 6.07) is 7.71. The lowest BCUT2D eigenvalue weighted by molar-refractivity contribution is 0.367. The Morgan fingerprint density at radius 1 is 1.15 bits per heavy atom. The first-order valence-electron chi connectivity index (χ1n) is 4.53. The SMILES string of the molecule is CCN(CC)Nc1ccc(Cl)cc1. The molecule has 0 heterocycles. The van der Waals surface area contributed by atoms with Gasteiger partial charge in [-0.15, -0.1) is 0 Å². The summed E-state index contributed by atoms with van der Waals surface area (Å²) in [4.78, 5) is 0. The van der Waals surface area contributed by atoms with Gasteiger partial charge in [0.15, 0.2) is 0 Å². The molecule has 0 aliphatic rings. The molecule has 1 N–H and O–H groups in total. The largest absolute Gasteiger partial charge is 0.319 e. The van der Waals surface area contributed by atoms with Crippen LogP contribution < -0.4 is 5.43 Å². The van der Waals surface area contributed by atoms with E-state index >= 15 is 0 Å². The summed E-state index contributed by atoms with van der Waals surface area (Å²) < 4.78 is 0. The number of hydrogen-bond acceptors (Lipinski definition) is 2. The van der Waals surface area contributed by atoms with Crippen molar-refractivity contribution >= 4 is 17.3 Å². The van der Waals surface area contributed by atoms with Gasteiger partial charge in [-0.3, -0.25) is 0 Å². The van der Waals surface area contributed by atoms with E-state index in [1.54, 1.807) is 0 Å². The highest BCUT2D eigenvalue weighted by molar-refractivity contribution is 6.30. The number of benzene rings is 1. The summed E-state index contributed by atoms with van der Waals surface area (Å²) in [6.07, 6.45) is 0. The molecule has 1 aromatic carbocycles. The third kappa shape index (κ3) is 3.25. The number of hydrogen-bond donors (Lipinski definition) is 1. The molecule has 0 unspecified atom stereocenters. The molecule has 0 amide bonds. The minimum atomic E-state index is 0.769. The predicted molar refractivity (Wildman–Crippen MR) is 58.0 cm³/mol. The molecular formula is C10H15ClN2. The van der Waals surface area contributed by atoms with Crippen molar-refractivity contribution in [2.24, 2.45) is 0 Å². The van der Waals surface area contributed by atoms with Crippen LogP contribution in [0.25, 0.3) is 0 Å². The van der Waals surface area contributed by atoms with Crippen LogP contribution >= 0.6 is 11.6 Å².